The molecule has 3 aliphatic rings. The lowest BCUT2D eigenvalue weighted by molar-refractivity contribution is 0.0430. The Hall–Kier alpha value is -3.17. The number of H-pyrrole nitrogens is 1. The van der Waals surface area contributed by atoms with Crippen molar-refractivity contribution in [3.8, 4) is 0 Å². The number of aromatic amines is 1. The van der Waals surface area contributed by atoms with Gasteiger partial charge in [0.15, 0.2) is 0 Å². The van der Waals surface area contributed by atoms with Crippen LogP contribution in [0.5, 0.6) is 0 Å². The summed E-state index contributed by atoms with van der Waals surface area (Å²) in [5, 5.41) is 15.9. The fraction of sp³-hybridized carbons (Fsp3) is 0.391. The second kappa shape index (κ2) is 6.45. The largest absolute Gasteiger partial charge is 0.432 e. The number of hydrogen-bond acceptors (Lipinski definition) is 6. The van der Waals surface area contributed by atoms with Crippen LogP contribution in [0.1, 0.15) is 77.4 Å². The number of rotatable bonds is 3. The number of pyridine rings is 1. The minimum Gasteiger partial charge on any atom is -0.432 e. The van der Waals surface area contributed by atoms with Crippen LogP contribution in [0.2, 0.25) is 5.02 Å². The molecule has 6 heterocycles. The Labute approximate surface area is 193 Å². The maximum Gasteiger partial charge on any atom is 0.292 e. The van der Waals surface area contributed by atoms with Gasteiger partial charge in [-0.25, -0.2) is 14.5 Å². The first kappa shape index (κ1) is 19.3. The number of oxazole rings is 1. The number of nitrogens with zero attached hydrogens (tertiary/aromatic N) is 5. The van der Waals surface area contributed by atoms with Crippen molar-refractivity contribution in [2.45, 2.75) is 56.2 Å². The summed E-state index contributed by atoms with van der Waals surface area (Å²) in [5.41, 5.74) is 2.83. The zero-order chi connectivity index (χ0) is 22.5. The molecule has 0 bridgehead atoms. The maximum atomic E-state index is 13.9. The van der Waals surface area contributed by atoms with Crippen LogP contribution in [-0.2, 0) is 12.0 Å². The van der Waals surface area contributed by atoms with Gasteiger partial charge in [-0.1, -0.05) is 18.5 Å². The number of aliphatic hydroxyl groups is 1. The summed E-state index contributed by atoms with van der Waals surface area (Å²) < 4.78 is 7.65. The van der Waals surface area contributed by atoms with Crippen molar-refractivity contribution >= 4 is 23.0 Å². The number of carbonyl (C=O) groups is 1. The van der Waals surface area contributed by atoms with E-state index in [2.05, 4.69) is 21.9 Å². The van der Waals surface area contributed by atoms with Crippen molar-refractivity contribution in [3.05, 3.63) is 70.2 Å². The topological polar surface area (TPSA) is 113 Å². The summed E-state index contributed by atoms with van der Waals surface area (Å²) in [6, 6.07) is 4.93. The number of carbonyl (C=O) groups excluding carboxylic acids is 1. The first-order valence-electron chi connectivity index (χ1n) is 11.2. The highest BCUT2D eigenvalue weighted by Gasteiger charge is 2.53. The van der Waals surface area contributed by atoms with E-state index in [4.69, 9.17) is 21.1 Å². The molecule has 7 rings (SSSR count). The van der Waals surface area contributed by atoms with E-state index in [0.29, 0.717) is 35.7 Å². The smallest absolute Gasteiger partial charge is 0.292 e. The van der Waals surface area contributed by atoms with Gasteiger partial charge in [-0.15, -0.1) is 0 Å². The molecule has 2 aliphatic heterocycles. The fourth-order valence-electron chi connectivity index (χ4n) is 5.41. The third-order valence-electron chi connectivity index (χ3n) is 7.27. The first-order valence-corrected chi connectivity index (χ1v) is 11.6. The Morgan fingerprint density at radius 2 is 2.21 bits per heavy atom. The molecule has 0 aromatic carbocycles. The van der Waals surface area contributed by atoms with Gasteiger partial charge in [-0.05, 0) is 37.5 Å². The summed E-state index contributed by atoms with van der Waals surface area (Å²) >= 11 is 6.41. The van der Waals surface area contributed by atoms with Crippen LogP contribution in [0.15, 0.2) is 35.1 Å². The molecule has 168 valence electrons. The second-order valence-electron chi connectivity index (χ2n) is 9.19. The van der Waals surface area contributed by atoms with Crippen molar-refractivity contribution in [2.75, 3.05) is 0 Å². The predicted molar refractivity (Wildman–Crippen MR) is 117 cm³/mol. The number of nitrogens with one attached hydrogen (secondary N) is 1. The molecule has 9 nitrogen and oxygen atoms in total. The maximum absolute atomic E-state index is 13.9. The first-order chi connectivity index (χ1) is 16.0. The normalized spacial score (nSPS) is 25.1. The van der Waals surface area contributed by atoms with Gasteiger partial charge in [-0.3, -0.25) is 4.79 Å². The molecule has 1 aliphatic carbocycles. The Kier molecular flexibility index (Phi) is 3.78. The van der Waals surface area contributed by atoms with Crippen molar-refractivity contribution in [1.82, 2.24) is 29.5 Å². The Morgan fingerprint density at radius 1 is 1.36 bits per heavy atom. The molecular weight excluding hydrogens is 444 g/mol. The molecule has 0 saturated heterocycles. The minimum atomic E-state index is -1.04. The van der Waals surface area contributed by atoms with Gasteiger partial charge in [0.25, 0.3) is 5.91 Å². The van der Waals surface area contributed by atoms with Gasteiger partial charge in [0.1, 0.15) is 11.6 Å². The van der Waals surface area contributed by atoms with Crippen molar-refractivity contribution < 1.29 is 14.3 Å². The van der Waals surface area contributed by atoms with E-state index < -0.39 is 11.6 Å². The molecule has 2 N–H and O–H groups in total. The highest BCUT2D eigenvalue weighted by Crippen LogP contribution is 2.50. The predicted octanol–water partition coefficient (Wildman–Crippen LogP) is 3.34. The number of aromatic nitrogens is 5. The standard InChI is InChI=1S/C23H21ClN6O3/c1-2-11-15-8-13-18(26-10-25-13)19(14-9-16-12(24)4-3-7-29(16)28-14)30(15)21(31)20-17(11)27-22(33-20)23(32)5-6-23/h3-4,7,9-11,15,19,32H,2,5-6,8H2,1H3,(H,25,26)/t11?,15?,19-/m0/s1. The van der Waals surface area contributed by atoms with Gasteiger partial charge in [0, 0.05) is 30.3 Å². The lowest BCUT2D eigenvalue weighted by atomic mass is 9.80. The molecule has 0 spiro atoms. The van der Waals surface area contributed by atoms with E-state index in [1.807, 2.05) is 29.3 Å². The van der Waals surface area contributed by atoms with Crippen LogP contribution in [0.4, 0.5) is 0 Å². The van der Waals surface area contributed by atoms with E-state index in [1.165, 1.54) is 0 Å². The molecule has 2 unspecified atom stereocenters. The van der Waals surface area contributed by atoms with Gasteiger partial charge in [-0.2, -0.15) is 5.10 Å². The second-order valence-corrected chi connectivity index (χ2v) is 9.59. The summed E-state index contributed by atoms with van der Waals surface area (Å²) in [6.45, 7) is 2.09. The van der Waals surface area contributed by atoms with Crippen LogP contribution >= 0.6 is 11.6 Å². The summed E-state index contributed by atoms with van der Waals surface area (Å²) in [6.07, 6.45) is 6.11. The molecule has 3 atom stereocenters. The molecule has 4 aromatic heterocycles. The number of imidazole rings is 1. The van der Waals surface area contributed by atoms with E-state index in [1.54, 1.807) is 10.8 Å². The third kappa shape index (κ3) is 2.57. The quantitative estimate of drug-likeness (QED) is 0.481. The number of hydrogen-bond donors (Lipinski definition) is 2. The molecule has 0 radical (unpaired) electrons. The third-order valence-corrected chi connectivity index (χ3v) is 7.59. The van der Waals surface area contributed by atoms with Gasteiger partial charge < -0.3 is 19.4 Å². The van der Waals surface area contributed by atoms with Crippen LogP contribution in [0, 0.1) is 0 Å². The van der Waals surface area contributed by atoms with Crippen molar-refractivity contribution in [2.24, 2.45) is 0 Å². The molecule has 10 heteroatoms. The Bertz CT molecular complexity index is 1430. The number of amides is 1. The van der Waals surface area contributed by atoms with Crippen LogP contribution in [0.25, 0.3) is 5.52 Å². The highest BCUT2D eigenvalue weighted by molar-refractivity contribution is 6.33. The van der Waals surface area contributed by atoms with Crippen molar-refractivity contribution in [3.63, 3.8) is 0 Å². The minimum absolute atomic E-state index is 0.0304. The Morgan fingerprint density at radius 3 is 2.97 bits per heavy atom. The highest BCUT2D eigenvalue weighted by atomic mass is 35.5. The summed E-state index contributed by atoms with van der Waals surface area (Å²) in [4.78, 5) is 28.2. The molecule has 4 aromatic rings. The molecule has 1 saturated carbocycles. The van der Waals surface area contributed by atoms with Gasteiger partial charge in [0.2, 0.25) is 11.7 Å². The molecule has 1 fully saturated rings. The van der Waals surface area contributed by atoms with E-state index in [0.717, 1.165) is 23.3 Å². The lowest BCUT2D eigenvalue weighted by Gasteiger charge is -2.45. The number of halogens is 1. The lowest BCUT2D eigenvalue weighted by Crippen LogP contribution is -2.53. The monoisotopic (exact) mass is 464 g/mol. The van der Waals surface area contributed by atoms with Crippen LogP contribution in [-0.4, -0.2) is 46.5 Å². The van der Waals surface area contributed by atoms with Crippen LogP contribution < -0.4 is 0 Å². The Balaban J connectivity index is 1.42. The number of fused-ring (bicyclic) bond motifs is 4. The summed E-state index contributed by atoms with van der Waals surface area (Å²) in [5.74, 6) is 0.202. The van der Waals surface area contributed by atoms with Crippen LogP contribution in [0.3, 0.4) is 0 Å². The van der Waals surface area contributed by atoms with Gasteiger partial charge in [0.05, 0.1) is 33.9 Å². The molecule has 33 heavy (non-hydrogen) atoms. The SMILES string of the molecule is CCC1c2nc(C3(O)CC3)oc2C(=O)N2C1Cc1[nH]cnc1[C@@H]2c1cc2c(Cl)cccn2n1. The molecular formula is C23H21ClN6O3. The van der Waals surface area contributed by atoms with Crippen molar-refractivity contribution in [1.29, 1.82) is 0 Å². The van der Waals surface area contributed by atoms with E-state index in [9.17, 15) is 9.90 Å². The van der Waals surface area contributed by atoms with Gasteiger partial charge >= 0.3 is 0 Å². The average Bonchev–Trinajstić information content (AvgIpc) is 3.23. The van der Waals surface area contributed by atoms with E-state index >= 15 is 0 Å². The zero-order valence-electron chi connectivity index (χ0n) is 17.8. The average molecular weight is 465 g/mol. The summed E-state index contributed by atoms with van der Waals surface area (Å²) in [7, 11) is 0. The molecule has 1 amide bonds. The van der Waals surface area contributed by atoms with E-state index in [-0.39, 0.29) is 29.5 Å². The zero-order valence-corrected chi connectivity index (χ0v) is 18.6. The fourth-order valence-corrected chi connectivity index (χ4v) is 5.63.